The average Bonchev–Trinajstić information content (AvgIpc) is 2.81. The highest BCUT2D eigenvalue weighted by Gasteiger charge is 2.32. The Hall–Kier alpha value is -3.12. The zero-order valence-corrected chi connectivity index (χ0v) is 18.6. The molecule has 0 radical (unpaired) electrons. The molecule has 2 N–H and O–H groups in total. The van der Waals surface area contributed by atoms with Crippen molar-refractivity contribution in [2.24, 2.45) is 11.8 Å². The van der Waals surface area contributed by atoms with Gasteiger partial charge in [-0.15, -0.1) is 12.6 Å². The van der Waals surface area contributed by atoms with E-state index >= 15 is 0 Å². The Balaban J connectivity index is 1.41. The molecule has 1 amide bonds. The Bertz CT molecular complexity index is 1190. The lowest BCUT2D eigenvalue weighted by Crippen LogP contribution is -2.37. The number of thiol groups is 1. The van der Waals surface area contributed by atoms with Crippen LogP contribution in [0, 0.1) is 11.8 Å². The second-order valence-corrected chi connectivity index (χ2v) is 9.01. The number of carbonyl (C=O) groups is 1. The first kappa shape index (κ1) is 20.8. The van der Waals surface area contributed by atoms with Gasteiger partial charge in [-0.3, -0.25) is 4.79 Å². The molecule has 6 heteroatoms. The Labute approximate surface area is 193 Å². The summed E-state index contributed by atoms with van der Waals surface area (Å²) in [5.74, 6) is 1.97. The minimum atomic E-state index is -0.119. The van der Waals surface area contributed by atoms with E-state index in [1.165, 1.54) is 12.8 Å². The second kappa shape index (κ2) is 9.17. The minimum Gasteiger partial charge on any atom is -0.364 e. The maximum atomic E-state index is 12.8. The summed E-state index contributed by atoms with van der Waals surface area (Å²) in [6.45, 7) is 0. The number of allylic oxidation sites excluding steroid dienone is 3. The molecule has 2 aliphatic carbocycles. The van der Waals surface area contributed by atoms with Gasteiger partial charge in [0.1, 0.15) is 0 Å². The molecule has 2 aromatic carbocycles. The second-order valence-electron chi connectivity index (χ2n) is 8.49. The number of para-hydroxylation sites is 2. The highest BCUT2D eigenvalue weighted by atomic mass is 32.1. The van der Waals surface area contributed by atoms with Crippen molar-refractivity contribution in [3.63, 3.8) is 0 Å². The van der Waals surface area contributed by atoms with Crippen molar-refractivity contribution in [1.29, 1.82) is 0 Å². The Morgan fingerprint density at radius 2 is 1.66 bits per heavy atom. The summed E-state index contributed by atoms with van der Waals surface area (Å²) in [7, 11) is 0. The quantitative estimate of drug-likeness (QED) is 0.462. The van der Waals surface area contributed by atoms with Gasteiger partial charge < -0.3 is 10.6 Å². The topological polar surface area (TPSA) is 66.9 Å². The monoisotopic (exact) mass is 442 g/mol. The van der Waals surface area contributed by atoms with Gasteiger partial charge in [0.2, 0.25) is 5.91 Å². The van der Waals surface area contributed by atoms with Gasteiger partial charge in [0.05, 0.1) is 17.5 Å². The van der Waals surface area contributed by atoms with E-state index < -0.39 is 0 Å². The average molecular weight is 443 g/mol. The van der Waals surface area contributed by atoms with Gasteiger partial charge in [0.25, 0.3) is 0 Å². The molecular formula is C26H26N4OS. The van der Waals surface area contributed by atoms with E-state index in [0.29, 0.717) is 23.5 Å². The number of anilines is 2. The van der Waals surface area contributed by atoms with Gasteiger partial charge in [0.15, 0.2) is 11.6 Å². The lowest BCUT2D eigenvalue weighted by atomic mass is 9.74. The third-order valence-corrected chi connectivity index (χ3v) is 6.56. The molecule has 5 rings (SSSR count). The molecule has 2 unspecified atom stereocenters. The summed E-state index contributed by atoms with van der Waals surface area (Å²) in [5.41, 5.74) is 2.50. The van der Waals surface area contributed by atoms with E-state index in [9.17, 15) is 4.79 Å². The Morgan fingerprint density at radius 1 is 0.938 bits per heavy atom. The molecule has 5 nitrogen and oxygen atoms in total. The predicted octanol–water partition coefficient (Wildman–Crippen LogP) is 5.42. The van der Waals surface area contributed by atoms with E-state index in [1.807, 2.05) is 48.5 Å². The van der Waals surface area contributed by atoms with Gasteiger partial charge in [-0.25, -0.2) is 9.97 Å². The van der Waals surface area contributed by atoms with Crippen molar-refractivity contribution >= 4 is 41.2 Å². The van der Waals surface area contributed by atoms with Crippen LogP contribution in [0.25, 0.3) is 11.0 Å². The van der Waals surface area contributed by atoms with E-state index in [2.05, 4.69) is 47.6 Å². The van der Waals surface area contributed by atoms with Crippen molar-refractivity contribution in [2.75, 3.05) is 10.6 Å². The van der Waals surface area contributed by atoms with Crippen LogP contribution in [0.3, 0.4) is 0 Å². The van der Waals surface area contributed by atoms with Gasteiger partial charge >= 0.3 is 0 Å². The first-order valence-electron chi connectivity index (χ1n) is 11.1. The largest absolute Gasteiger partial charge is 0.364 e. The van der Waals surface area contributed by atoms with Crippen LogP contribution in [0.1, 0.15) is 24.8 Å². The standard InChI is InChI=1S/C26H26N4OS/c31-24(16-17-12-14-19(32)15-13-17)30-26-25(28-22-9-3-4-10-23(22)29-26)27-21-11-5-7-18-6-1-2-8-20(18)21/h1-4,6,8-10,12-15,18,20-21,32H,5,7,11,16H2,(H,27,28)(H,29,30,31)/t18?,20-,21?/m0/s1. The fourth-order valence-electron chi connectivity index (χ4n) is 4.66. The van der Waals surface area contributed by atoms with Crippen LogP contribution in [-0.4, -0.2) is 21.9 Å². The molecule has 1 fully saturated rings. The van der Waals surface area contributed by atoms with Gasteiger partial charge in [-0.05, 0) is 48.6 Å². The molecule has 0 spiro atoms. The van der Waals surface area contributed by atoms with Crippen molar-refractivity contribution < 1.29 is 4.79 Å². The predicted molar refractivity (Wildman–Crippen MR) is 132 cm³/mol. The highest BCUT2D eigenvalue weighted by molar-refractivity contribution is 7.80. The summed E-state index contributed by atoms with van der Waals surface area (Å²) < 4.78 is 0. The Kier molecular flexibility index (Phi) is 5.95. The number of amides is 1. The first-order valence-corrected chi connectivity index (χ1v) is 11.6. The summed E-state index contributed by atoms with van der Waals surface area (Å²) in [5, 5.41) is 6.64. The maximum Gasteiger partial charge on any atom is 0.230 e. The zero-order chi connectivity index (χ0) is 21.9. The molecule has 0 aliphatic heterocycles. The van der Waals surface area contributed by atoms with Crippen molar-refractivity contribution in [3.05, 3.63) is 78.4 Å². The summed E-state index contributed by atoms with van der Waals surface area (Å²) in [6.07, 6.45) is 12.6. The number of hydrogen-bond donors (Lipinski definition) is 3. The summed E-state index contributed by atoms with van der Waals surface area (Å²) in [6, 6.07) is 15.6. The number of hydrogen-bond acceptors (Lipinski definition) is 5. The molecule has 32 heavy (non-hydrogen) atoms. The van der Waals surface area contributed by atoms with Crippen molar-refractivity contribution in [1.82, 2.24) is 9.97 Å². The SMILES string of the molecule is O=C(Cc1ccc(S)cc1)Nc1nc2ccccc2nc1NC1CCCC2C=CC=C[C@@H]21. The fourth-order valence-corrected chi connectivity index (χ4v) is 4.81. The third-order valence-electron chi connectivity index (χ3n) is 6.27. The normalized spacial score (nSPS) is 21.8. The van der Waals surface area contributed by atoms with Crippen LogP contribution >= 0.6 is 12.6 Å². The van der Waals surface area contributed by atoms with Crippen LogP contribution < -0.4 is 10.6 Å². The van der Waals surface area contributed by atoms with Crippen LogP contribution in [-0.2, 0) is 11.2 Å². The number of nitrogens with zero attached hydrogens (tertiary/aromatic N) is 2. The molecule has 1 aromatic heterocycles. The molecule has 0 saturated heterocycles. The molecule has 2 aliphatic rings. The number of fused-ring (bicyclic) bond motifs is 2. The molecule has 3 aromatic rings. The lowest BCUT2D eigenvalue weighted by molar-refractivity contribution is -0.115. The summed E-state index contributed by atoms with van der Waals surface area (Å²) in [4.78, 5) is 23.3. The molecular weight excluding hydrogens is 416 g/mol. The molecule has 0 bridgehead atoms. The van der Waals surface area contributed by atoms with Gasteiger partial charge in [-0.1, -0.05) is 55.0 Å². The van der Waals surface area contributed by atoms with Gasteiger partial charge in [0, 0.05) is 16.9 Å². The number of benzene rings is 2. The Morgan fingerprint density at radius 3 is 2.44 bits per heavy atom. The van der Waals surface area contributed by atoms with E-state index in [4.69, 9.17) is 9.97 Å². The maximum absolute atomic E-state index is 12.8. The van der Waals surface area contributed by atoms with E-state index in [-0.39, 0.29) is 18.4 Å². The fraction of sp³-hybridized carbons (Fsp3) is 0.269. The minimum absolute atomic E-state index is 0.119. The van der Waals surface area contributed by atoms with Crippen LogP contribution in [0.2, 0.25) is 0 Å². The van der Waals surface area contributed by atoms with Crippen LogP contribution in [0.4, 0.5) is 11.6 Å². The van der Waals surface area contributed by atoms with Crippen molar-refractivity contribution in [2.45, 2.75) is 36.6 Å². The van der Waals surface area contributed by atoms with Crippen molar-refractivity contribution in [3.8, 4) is 0 Å². The van der Waals surface area contributed by atoms with Gasteiger partial charge in [-0.2, -0.15) is 0 Å². The van der Waals surface area contributed by atoms with E-state index in [1.54, 1.807) is 0 Å². The van der Waals surface area contributed by atoms with E-state index in [0.717, 1.165) is 27.9 Å². The van der Waals surface area contributed by atoms with Crippen LogP contribution in [0.15, 0.2) is 77.7 Å². The zero-order valence-electron chi connectivity index (χ0n) is 17.7. The number of carbonyl (C=O) groups excluding carboxylic acids is 1. The lowest BCUT2D eigenvalue weighted by Gasteiger charge is -2.37. The third kappa shape index (κ3) is 4.55. The molecule has 162 valence electrons. The number of nitrogens with one attached hydrogen (secondary N) is 2. The smallest absolute Gasteiger partial charge is 0.230 e. The first-order chi connectivity index (χ1) is 15.7. The summed E-state index contributed by atoms with van der Waals surface area (Å²) >= 11 is 4.31. The highest BCUT2D eigenvalue weighted by Crippen LogP contribution is 2.36. The molecule has 1 heterocycles. The number of rotatable bonds is 5. The molecule has 3 atom stereocenters. The van der Waals surface area contributed by atoms with Crippen LogP contribution in [0.5, 0.6) is 0 Å². The number of aromatic nitrogens is 2. The molecule has 1 saturated carbocycles.